The van der Waals surface area contributed by atoms with Crippen LogP contribution in [0, 0.1) is 5.41 Å². The van der Waals surface area contributed by atoms with Crippen molar-refractivity contribution in [2.45, 2.75) is 20.8 Å². The molecule has 1 heterocycles. The smallest absolute Gasteiger partial charge is 0.316 e. The number of aromatic nitrogens is 1. The largest absolute Gasteiger partial charge is 0.426 e. The zero-order valence-corrected chi connectivity index (χ0v) is 12.5. The molecule has 0 aliphatic rings. The Morgan fingerprint density at radius 1 is 1.05 bits per heavy atom. The Balaban J connectivity index is 2.03. The lowest BCUT2D eigenvalue weighted by Crippen LogP contribution is -2.25. The third kappa shape index (κ3) is 4.56. The minimum atomic E-state index is -0.502. The third-order valence-electron chi connectivity index (χ3n) is 2.84. The molecule has 1 aromatic carbocycles. The van der Waals surface area contributed by atoms with Crippen LogP contribution in [-0.4, -0.2) is 11.0 Å². The van der Waals surface area contributed by atoms with E-state index in [-0.39, 0.29) is 5.97 Å². The number of ether oxygens (including phenoxy) is 1. The van der Waals surface area contributed by atoms with Crippen molar-refractivity contribution in [3.8, 4) is 5.75 Å². The van der Waals surface area contributed by atoms with Gasteiger partial charge in [0.2, 0.25) is 0 Å². The highest BCUT2D eigenvalue weighted by molar-refractivity contribution is 5.78. The highest BCUT2D eigenvalue weighted by Crippen LogP contribution is 2.20. The lowest BCUT2D eigenvalue weighted by Gasteiger charge is -2.16. The first-order valence-corrected chi connectivity index (χ1v) is 6.86. The molecule has 0 aliphatic heterocycles. The van der Waals surface area contributed by atoms with Gasteiger partial charge in [-0.3, -0.25) is 9.78 Å². The molecular weight excluding hydrogens is 262 g/mol. The number of esters is 1. The molecule has 0 saturated carbocycles. The summed E-state index contributed by atoms with van der Waals surface area (Å²) in [5.74, 6) is 0.323. The molecule has 2 rings (SSSR count). The summed E-state index contributed by atoms with van der Waals surface area (Å²) in [6, 6.07) is 13.2. The van der Waals surface area contributed by atoms with Crippen molar-refractivity contribution in [1.29, 1.82) is 0 Å². The molecule has 0 amide bonds. The number of pyridine rings is 1. The Bertz CT molecular complexity index is 623. The molecule has 0 aliphatic carbocycles. The van der Waals surface area contributed by atoms with Gasteiger partial charge >= 0.3 is 5.97 Å². The van der Waals surface area contributed by atoms with Gasteiger partial charge in [0.1, 0.15) is 5.75 Å². The number of carbonyl (C=O) groups excluding carboxylic acids is 1. The fourth-order valence-electron chi connectivity index (χ4n) is 1.56. The van der Waals surface area contributed by atoms with Crippen molar-refractivity contribution in [2.75, 3.05) is 0 Å². The van der Waals surface area contributed by atoms with Crippen LogP contribution in [0.4, 0.5) is 0 Å². The maximum absolute atomic E-state index is 11.8. The molecule has 0 radical (unpaired) electrons. The second-order valence-corrected chi connectivity index (χ2v) is 5.80. The molecule has 1 aromatic heterocycles. The molecule has 0 unspecified atom stereocenters. The van der Waals surface area contributed by atoms with Crippen LogP contribution in [0.5, 0.6) is 5.75 Å². The van der Waals surface area contributed by atoms with Gasteiger partial charge in [0.05, 0.1) is 11.1 Å². The summed E-state index contributed by atoms with van der Waals surface area (Å²) in [7, 11) is 0. The van der Waals surface area contributed by atoms with Gasteiger partial charge in [-0.2, -0.15) is 0 Å². The van der Waals surface area contributed by atoms with Gasteiger partial charge in [-0.15, -0.1) is 0 Å². The highest BCUT2D eigenvalue weighted by Gasteiger charge is 2.23. The number of rotatable bonds is 3. The van der Waals surface area contributed by atoms with E-state index in [1.54, 1.807) is 18.3 Å². The number of hydrogen-bond acceptors (Lipinski definition) is 3. The van der Waals surface area contributed by atoms with E-state index in [4.69, 9.17) is 4.74 Å². The van der Waals surface area contributed by atoms with Crippen molar-refractivity contribution in [2.24, 2.45) is 5.41 Å². The molecule has 0 N–H and O–H groups in total. The Kier molecular flexibility index (Phi) is 4.53. The molecular formula is C18H19NO2. The lowest BCUT2D eigenvalue weighted by atomic mass is 9.97. The van der Waals surface area contributed by atoms with E-state index in [0.29, 0.717) is 5.75 Å². The number of nitrogens with zero attached hydrogens (tertiary/aromatic N) is 1. The second kappa shape index (κ2) is 6.35. The van der Waals surface area contributed by atoms with Crippen molar-refractivity contribution in [3.05, 3.63) is 59.9 Å². The Morgan fingerprint density at radius 2 is 1.76 bits per heavy atom. The van der Waals surface area contributed by atoms with Gasteiger partial charge in [-0.1, -0.05) is 24.3 Å². The van der Waals surface area contributed by atoms with E-state index < -0.39 is 5.41 Å². The first kappa shape index (κ1) is 15.0. The summed E-state index contributed by atoms with van der Waals surface area (Å²) in [6.07, 6.45) is 5.67. The normalized spacial score (nSPS) is 11.6. The van der Waals surface area contributed by atoms with Crippen molar-refractivity contribution in [1.82, 2.24) is 4.98 Å². The average Bonchev–Trinajstić information content (AvgIpc) is 2.46. The Labute approximate surface area is 125 Å². The molecule has 3 nitrogen and oxygen atoms in total. The van der Waals surface area contributed by atoms with Crippen molar-refractivity contribution in [3.63, 3.8) is 0 Å². The van der Waals surface area contributed by atoms with Crippen LogP contribution in [0.15, 0.2) is 48.7 Å². The maximum Gasteiger partial charge on any atom is 0.316 e. The SMILES string of the molecule is CC(C)(C)C(=O)Oc1ccc(/C=C/c2ccccn2)cc1. The van der Waals surface area contributed by atoms with Gasteiger partial charge in [0.15, 0.2) is 0 Å². The number of benzene rings is 1. The maximum atomic E-state index is 11.8. The summed E-state index contributed by atoms with van der Waals surface area (Å²) in [4.78, 5) is 16.0. The average molecular weight is 281 g/mol. The van der Waals surface area contributed by atoms with Crippen LogP contribution >= 0.6 is 0 Å². The highest BCUT2D eigenvalue weighted by atomic mass is 16.5. The van der Waals surface area contributed by atoms with Gasteiger partial charge in [-0.25, -0.2) is 0 Å². The summed E-state index contributed by atoms with van der Waals surface area (Å²) in [5.41, 5.74) is 1.43. The quantitative estimate of drug-likeness (QED) is 0.625. The zero-order valence-electron chi connectivity index (χ0n) is 12.5. The van der Waals surface area contributed by atoms with Crippen LogP contribution < -0.4 is 4.74 Å². The number of carbonyl (C=O) groups is 1. The van der Waals surface area contributed by atoms with Crippen molar-refractivity contribution >= 4 is 18.1 Å². The molecule has 0 bridgehead atoms. The van der Waals surface area contributed by atoms with E-state index in [0.717, 1.165) is 11.3 Å². The molecule has 108 valence electrons. The topological polar surface area (TPSA) is 39.2 Å². The van der Waals surface area contributed by atoms with E-state index in [9.17, 15) is 4.79 Å². The molecule has 0 saturated heterocycles. The molecule has 0 spiro atoms. The van der Waals surface area contributed by atoms with Crippen LogP contribution in [0.25, 0.3) is 12.2 Å². The fraction of sp³-hybridized carbons (Fsp3) is 0.222. The van der Waals surface area contributed by atoms with Crippen LogP contribution in [0.1, 0.15) is 32.0 Å². The van der Waals surface area contributed by atoms with Gasteiger partial charge < -0.3 is 4.74 Å². The summed E-state index contributed by atoms with van der Waals surface area (Å²) in [5, 5.41) is 0. The van der Waals surface area contributed by atoms with Gasteiger partial charge in [0.25, 0.3) is 0 Å². The van der Waals surface area contributed by atoms with E-state index in [1.165, 1.54) is 0 Å². The molecule has 0 fully saturated rings. The van der Waals surface area contributed by atoms with Crippen LogP contribution in [-0.2, 0) is 4.79 Å². The molecule has 21 heavy (non-hydrogen) atoms. The van der Waals surface area contributed by atoms with Gasteiger partial charge in [-0.05, 0) is 56.7 Å². The Hall–Kier alpha value is -2.42. The van der Waals surface area contributed by atoms with Crippen molar-refractivity contribution < 1.29 is 9.53 Å². The first-order chi connectivity index (χ1) is 9.95. The molecule has 0 atom stereocenters. The van der Waals surface area contributed by atoms with E-state index in [1.807, 2.05) is 63.3 Å². The van der Waals surface area contributed by atoms with E-state index in [2.05, 4.69) is 4.98 Å². The third-order valence-corrected chi connectivity index (χ3v) is 2.84. The summed E-state index contributed by atoms with van der Waals surface area (Å²) >= 11 is 0. The lowest BCUT2D eigenvalue weighted by molar-refractivity contribution is -0.142. The summed E-state index contributed by atoms with van der Waals surface area (Å²) < 4.78 is 5.32. The van der Waals surface area contributed by atoms with Gasteiger partial charge in [0, 0.05) is 6.20 Å². The van der Waals surface area contributed by atoms with Crippen LogP contribution in [0.3, 0.4) is 0 Å². The predicted molar refractivity (Wildman–Crippen MR) is 84.7 cm³/mol. The minimum Gasteiger partial charge on any atom is -0.426 e. The molecule has 3 heteroatoms. The summed E-state index contributed by atoms with van der Waals surface area (Å²) in [6.45, 7) is 5.50. The van der Waals surface area contributed by atoms with Crippen LogP contribution in [0.2, 0.25) is 0 Å². The Morgan fingerprint density at radius 3 is 2.33 bits per heavy atom. The fourth-order valence-corrected chi connectivity index (χ4v) is 1.56. The predicted octanol–water partition coefficient (Wildman–Crippen LogP) is 4.20. The monoisotopic (exact) mass is 281 g/mol. The minimum absolute atomic E-state index is 0.237. The second-order valence-electron chi connectivity index (χ2n) is 5.80. The number of hydrogen-bond donors (Lipinski definition) is 0. The zero-order chi connectivity index (χ0) is 15.3. The standard InChI is InChI=1S/C18H19NO2/c1-18(2,3)17(20)21-16-11-8-14(9-12-16)7-10-15-6-4-5-13-19-15/h4-13H,1-3H3/b10-7+. The van der Waals surface area contributed by atoms with E-state index >= 15 is 0 Å². The molecule has 2 aromatic rings. The first-order valence-electron chi connectivity index (χ1n) is 6.86.